The zero-order valence-electron chi connectivity index (χ0n) is 16.1. The fourth-order valence-electron chi connectivity index (χ4n) is 2.70. The maximum atomic E-state index is 12.6. The predicted octanol–water partition coefficient (Wildman–Crippen LogP) is 3.00. The minimum atomic E-state index is -3.68. The van der Waals surface area contributed by atoms with E-state index in [4.69, 9.17) is 21.1 Å². The number of nitrogens with one attached hydrogen (secondary N) is 1. The Labute approximate surface area is 170 Å². The molecule has 2 rings (SSSR count). The van der Waals surface area contributed by atoms with E-state index in [1.54, 1.807) is 50.4 Å². The van der Waals surface area contributed by atoms with Gasteiger partial charge in [0.15, 0.2) is 0 Å². The van der Waals surface area contributed by atoms with Gasteiger partial charge in [0.1, 0.15) is 18.0 Å². The van der Waals surface area contributed by atoms with Crippen molar-refractivity contribution in [3.05, 3.63) is 53.1 Å². The molecule has 0 aliphatic carbocycles. The minimum absolute atomic E-state index is 0.316. The first-order chi connectivity index (χ1) is 13.2. The Bertz CT molecular complexity index is 949. The topological polar surface area (TPSA) is 84.9 Å². The normalized spacial score (nSPS) is 12.2. The number of amides is 1. The minimum Gasteiger partial charge on any atom is -0.497 e. The van der Waals surface area contributed by atoms with Gasteiger partial charge in [-0.25, -0.2) is 8.42 Å². The number of sulfonamides is 1. The molecule has 0 aromatic heterocycles. The molecule has 0 fully saturated rings. The molecule has 1 amide bonds. The second-order valence-electron chi connectivity index (χ2n) is 6.15. The number of halogens is 1. The molecule has 1 N–H and O–H groups in total. The lowest BCUT2D eigenvalue weighted by atomic mass is 10.1. The van der Waals surface area contributed by atoms with Crippen LogP contribution in [-0.2, 0) is 14.8 Å². The average Bonchev–Trinajstić information content (AvgIpc) is 2.64. The number of nitrogens with zero attached hydrogens (tertiary/aromatic N) is 1. The monoisotopic (exact) mass is 426 g/mol. The first kappa shape index (κ1) is 21.8. The van der Waals surface area contributed by atoms with E-state index in [1.165, 1.54) is 13.2 Å². The van der Waals surface area contributed by atoms with Crippen molar-refractivity contribution in [3.8, 4) is 11.5 Å². The van der Waals surface area contributed by atoms with Gasteiger partial charge in [-0.2, -0.15) is 0 Å². The lowest BCUT2D eigenvalue weighted by molar-refractivity contribution is -0.120. The Morgan fingerprint density at radius 1 is 1.18 bits per heavy atom. The number of carbonyl (C=O) groups excluding carboxylic acids is 1. The molecule has 0 heterocycles. The van der Waals surface area contributed by atoms with E-state index in [0.29, 0.717) is 27.8 Å². The van der Waals surface area contributed by atoms with Crippen molar-refractivity contribution in [2.75, 3.05) is 31.3 Å². The van der Waals surface area contributed by atoms with E-state index in [9.17, 15) is 13.2 Å². The molecule has 0 saturated carbocycles. The van der Waals surface area contributed by atoms with Gasteiger partial charge in [-0.05, 0) is 43.3 Å². The van der Waals surface area contributed by atoms with Gasteiger partial charge in [-0.1, -0.05) is 17.7 Å². The Hall–Kier alpha value is -2.45. The summed E-state index contributed by atoms with van der Waals surface area (Å²) in [7, 11) is -0.607. The summed E-state index contributed by atoms with van der Waals surface area (Å²) in [4.78, 5) is 12.6. The van der Waals surface area contributed by atoms with E-state index in [-0.39, 0.29) is 6.54 Å². The lowest BCUT2D eigenvalue weighted by Gasteiger charge is -2.24. The van der Waals surface area contributed by atoms with Crippen LogP contribution in [0, 0.1) is 0 Å². The summed E-state index contributed by atoms with van der Waals surface area (Å²) in [5, 5.41) is 3.17. The van der Waals surface area contributed by atoms with Crippen LogP contribution in [0.5, 0.6) is 11.5 Å². The Morgan fingerprint density at radius 2 is 1.89 bits per heavy atom. The van der Waals surface area contributed by atoms with Crippen LogP contribution in [0.1, 0.15) is 18.5 Å². The number of ether oxygens (including phenoxy) is 2. The van der Waals surface area contributed by atoms with Gasteiger partial charge in [0.25, 0.3) is 0 Å². The molecule has 0 unspecified atom stereocenters. The summed E-state index contributed by atoms with van der Waals surface area (Å²) in [6.45, 7) is 1.40. The summed E-state index contributed by atoms with van der Waals surface area (Å²) in [5.74, 6) is 0.736. The molecule has 0 bridgehead atoms. The van der Waals surface area contributed by atoms with Crippen LogP contribution in [0.4, 0.5) is 5.69 Å². The van der Waals surface area contributed by atoms with Crippen molar-refractivity contribution < 1.29 is 22.7 Å². The van der Waals surface area contributed by atoms with Gasteiger partial charge in [0, 0.05) is 10.6 Å². The van der Waals surface area contributed by atoms with E-state index in [0.717, 1.165) is 10.6 Å². The summed E-state index contributed by atoms with van der Waals surface area (Å²) in [5.41, 5.74) is 1.03. The summed E-state index contributed by atoms with van der Waals surface area (Å²) in [6, 6.07) is 11.1. The van der Waals surface area contributed by atoms with Crippen LogP contribution in [0.3, 0.4) is 0 Å². The van der Waals surface area contributed by atoms with Crippen LogP contribution in [0.15, 0.2) is 42.5 Å². The van der Waals surface area contributed by atoms with Gasteiger partial charge >= 0.3 is 0 Å². The highest BCUT2D eigenvalue weighted by atomic mass is 35.5. The molecule has 2 aromatic rings. The van der Waals surface area contributed by atoms with Crippen LogP contribution >= 0.6 is 11.6 Å². The van der Waals surface area contributed by atoms with E-state index >= 15 is 0 Å². The molecule has 28 heavy (non-hydrogen) atoms. The zero-order valence-corrected chi connectivity index (χ0v) is 17.7. The van der Waals surface area contributed by atoms with E-state index < -0.39 is 22.0 Å². The van der Waals surface area contributed by atoms with Gasteiger partial charge in [-0.15, -0.1) is 0 Å². The Morgan fingerprint density at radius 3 is 2.46 bits per heavy atom. The molecule has 1 atom stereocenters. The molecule has 0 spiro atoms. The second-order valence-corrected chi connectivity index (χ2v) is 8.49. The Kier molecular flexibility index (Phi) is 7.15. The summed E-state index contributed by atoms with van der Waals surface area (Å²) < 4.78 is 35.9. The van der Waals surface area contributed by atoms with Crippen LogP contribution in [-0.4, -0.2) is 41.3 Å². The number of hydrogen-bond donors (Lipinski definition) is 1. The highest BCUT2D eigenvalue weighted by molar-refractivity contribution is 7.92. The van der Waals surface area contributed by atoms with Gasteiger partial charge in [0.2, 0.25) is 15.9 Å². The third-order valence-electron chi connectivity index (χ3n) is 4.06. The maximum Gasteiger partial charge on any atom is 0.241 e. The summed E-state index contributed by atoms with van der Waals surface area (Å²) in [6.07, 6.45) is 1.04. The van der Waals surface area contributed by atoms with Gasteiger partial charge < -0.3 is 14.8 Å². The van der Waals surface area contributed by atoms with Crippen molar-refractivity contribution in [3.63, 3.8) is 0 Å². The summed E-state index contributed by atoms with van der Waals surface area (Å²) >= 11 is 5.95. The van der Waals surface area contributed by atoms with Crippen LogP contribution in [0.2, 0.25) is 5.02 Å². The first-order valence-corrected chi connectivity index (χ1v) is 10.6. The maximum absolute atomic E-state index is 12.6. The van der Waals surface area contributed by atoms with Crippen LogP contribution < -0.4 is 19.1 Å². The van der Waals surface area contributed by atoms with Crippen molar-refractivity contribution in [2.45, 2.75) is 13.0 Å². The van der Waals surface area contributed by atoms with Crippen molar-refractivity contribution in [1.29, 1.82) is 0 Å². The van der Waals surface area contributed by atoms with Crippen molar-refractivity contribution in [2.24, 2.45) is 0 Å². The number of methoxy groups -OCH3 is 2. The smallest absolute Gasteiger partial charge is 0.241 e. The number of benzene rings is 2. The van der Waals surface area contributed by atoms with Crippen LogP contribution in [0.25, 0.3) is 0 Å². The molecular weight excluding hydrogens is 404 g/mol. The molecule has 0 aliphatic heterocycles. The molecule has 0 saturated heterocycles. The number of rotatable bonds is 8. The fourth-order valence-corrected chi connectivity index (χ4v) is 3.74. The highest BCUT2D eigenvalue weighted by Crippen LogP contribution is 2.29. The van der Waals surface area contributed by atoms with E-state index in [1.807, 2.05) is 0 Å². The molecule has 7 nitrogen and oxygen atoms in total. The molecule has 2 aromatic carbocycles. The number of carbonyl (C=O) groups is 1. The van der Waals surface area contributed by atoms with E-state index in [2.05, 4.69) is 5.32 Å². The standard InChI is InChI=1S/C19H23ClN2O5S/c1-13(17-11-16(26-2)8-9-18(17)27-3)21-19(23)12-22(28(4,24)25)15-7-5-6-14(20)10-15/h5-11,13H,12H2,1-4H3,(H,21,23)/t13-/m0/s1. The predicted molar refractivity (Wildman–Crippen MR) is 110 cm³/mol. The molecule has 0 radical (unpaired) electrons. The Balaban J connectivity index is 2.21. The average molecular weight is 427 g/mol. The molecular formula is C19H23ClN2O5S. The third-order valence-corrected chi connectivity index (χ3v) is 5.44. The highest BCUT2D eigenvalue weighted by Gasteiger charge is 2.23. The number of anilines is 1. The second kappa shape index (κ2) is 9.16. The van der Waals surface area contributed by atoms with Gasteiger partial charge in [-0.3, -0.25) is 9.10 Å². The number of hydrogen-bond acceptors (Lipinski definition) is 5. The quantitative estimate of drug-likeness (QED) is 0.701. The lowest BCUT2D eigenvalue weighted by Crippen LogP contribution is -2.41. The molecule has 0 aliphatic rings. The SMILES string of the molecule is COc1ccc(OC)c([C@H](C)NC(=O)CN(c2cccc(Cl)c2)S(C)(=O)=O)c1. The molecule has 9 heteroatoms. The third kappa shape index (κ3) is 5.53. The zero-order chi connectivity index (χ0) is 20.9. The molecule has 152 valence electrons. The van der Waals surface area contributed by atoms with Gasteiger partial charge in [0.05, 0.1) is 32.2 Å². The largest absolute Gasteiger partial charge is 0.497 e. The first-order valence-electron chi connectivity index (χ1n) is 8.40. The van der Waals surface area contributed by atoms with Crippen molar-refractivity contribution in [1.82, 2.24) is 5.32 Å². The van der Waals surface area contributed by atoms with Crippen molar-refractivity contribution >= 4 is 33.2 Å². The fraction of sp³-hybridized carbons (Fsp3) is 0.316.